The molecule has 0 fully saturated rings. The molecule has 0 unspecified atom stereocenters. The second kappa shape index (κ2) is 11.6. The van der Waals surface area contributed by atoms with Crippen LogP contribution in [0.5, 0.6) is 0 Å². The summed E-state index contributed by atoms with van der Waals surface area (Å²) in [5, 5.41) is 13.6. The van der Waals surface area contributed by atoms with Crippen LogP contribution in [0.2, 0.25) is 0 Å². The summed E-state index contributed by atoms with van der Waals surface area (Å²) in [4.78, 5) is 15.2. The zero-order chi connectivity index (χ0) is 22.9. The van der Waals surface area contributed by atoms with Crippen LogP contribution < -0.4 is 0 Å². The van der Waals surface area contributed by atoms with E-state index in [9.17, 15) is 0 Å². The van der Waals surface area contributed by atoms with E-state index in [2.05, 4.69) is 79.7 Å². The normalized spacial score (nSPS) is 11.0. The molecule has 0 spiro atoms. The van der Waals surface area contributed by atoms with Crippen LogP contribution in [-0.4, -0.2) is 19.8 Å². The molecule has 1 aromatic heterocycles. The molecule has 0 saturated heterocycles. The molecule has 0 aliphatic carbocycles. The topological polar surface area (TPSA) is 81.2 Å². The first-order valence-corrected chi connectivity index (χ1v) is 11.1. The molecule has 0 amide bonds. The standard InChI is InChI=1S/C24H30N2S.HNO3/c1-19-9-5-6-11-22(19)27-23-17-20(12-13-21(23)24(2,3)4)10-7-8-15-26-16-14-25-18-26;2-1(3)4/h5-6,9,11-14,16-18H,7-8,10,15H2,1-4H3;(H,2,3,4). The van der Waals surface area contributed by atoms with Gasteiger partial charge in [-0.3, -0.25) is 0 Å². The number of hydrogen-bond acceptors (Lipinski definition) is 4. The maximum atomic E-state index is 8.36. The smallest absolute Gasteiger partial charge is 0.291 e. The van der Waals surface area contributed by atoms with Crippen LogP contribution in [0.1, 0.15) is 50.3 Å². The Morgan fingerprint density at radius 3 is 2.45 bits per heavy atom. The first kappa shape index (κ1) is 24.5. The summed E-state index contributed by atoms with van der Waals surface area (Å²) in [6.07, 6.45) is 9.28. The fraction of sp³-hybridized carbons (Fsp3) is 0.375. The zero-order valence-corrected chi connectivity index (χ0v) is 19.4. The maximum absolute atomic E-state index is 8.36. The van der Waals surface area contributed by atoms with Gasteiger partial charge >= 0.3 is 0 Å². The highest BCUT2D eigenvalue weighted by Crippen LogP contribution is 2.38. The monoisotopic (exact) mass is 441 g/mol. The molecule has 3 aromatic rings. The first-order valence-electron chi connectivity index (χ1n) is 10.3. The van der Waals surface area contributed by atoms with E-state index in [0.29, 0.717) is 0 Å². The number of aryl methyl sites for hydroxylation is 3. The predicted molar refractivity (Wildman–Crippen MR) is 124 cm³/mol. The fourth-order valence-electron chi connectivity index (χ4n) is 3.26. The lowest BCUT2D eigenvalue weighted by Crippen LogP contribution is -2.12. The summed E-state index contributed by atoms with van der Waals surface area (Å²) in [5.41, 5.74) is 4.35. The molecule has 0 bridgehead atoms. The third kappa shape index (κ3) is 8.45. The minimum absolute atomic E-state index is 0.144. The molecule has 1 heterocycles. The van der Waals surface area contributed by atoms with E-state index >= 15 is 0 Å². The van der Waals surface area contributed by atoms with Crippen molar-refractivity contribution in [2.75, 3.05) is 0 Å². The predicted octanol–water partition coefficient (Wildman–Crippen LogP) is 6.32. The van der Waals surface area contributed by atoms with Crippen molar-refractivity contribution in [2.24, 2.45) is 0 Å². The van der Waals surface area contributed by atoms with Crippen molar-refractivity contribution in [3.8, 4) is 0 Å². The lowest BCUT2D eigenvalue weighted by Gasteiger charge is -2.23. The van der Waals surface area contributed by atoms with Crippen LogP contribution in [0.3, 0.4) is 0 Å². The van der Waals surface area contributed by atoms with Gasteiger partial charge in [0, 0.05) is 28.7 Å². The van der Waals surface area contributed by atoms with E-state index in [1.165, 1.54) is 39.3 Å². The maximum Gasteiger partial charge on any atom is 0.291 e. The number of benzene rings is 2. The summed E-state index contributed by atoms with van der Waals surface area (Å²) in [7, 11) is 0. The highest BCUT2D eigenvalue weighted by atomic mass is 32.2. The average Bonchev–Trinajstić information content (AvgIpc) is 3.19. The van der Waals surface area contributed by atoms with Gasteiger partial charge in [-0.25, -0.2) is 4.98 Å². The van der Waals surface area contributed by atoms with Crippen LogP contribution in [0.15, 0.2) is 71.0 Å². The Morgan fingerprint density at radius 1 is 1.13 bits per heavy atom. The van der Waals surface area contributed by atoms with Crippen LogP contribution in [0.25, 0.3) is 0 Å². The van der Waals surface area contributed by atoms with E-state index < -0.39 is 5.09 Å². The first-order chi connectivity index (χ1) is 14.7. The molecular weight excluding hydrogens is 410 g/mol. The summed E-state index contributed by atoms with van der Waals surface area (Å²) in [6.45, 7) is 10.1. The molecule has 3 rings (SSSR count). The van der Waals surface area contributed by atoms with Gasteiger partial charge in [0.2, 0.25) is 0 Å². The van der Waals surface area contributed by atoms with E-state index in [-0.39, 0.29) is 5.41 Å². The quantitative estimate of drug-likeness (QED) is 0.264. The third-order valence-electron chi connectivity index (χ3n) is 4.86. The van der Waals surface area contributed by atoms with Crippen LogP contribution in [0.4, 0.5) is 0 Å². The van der Waals surface area contributed by atoms with Gasteiger partial charge in [-0.15, -0.1) is 10.1 Å². The molecule has 0 aliphatic heterocycles. The Hall–Kier alpha value is -2.80. The van der Waals surface area contributed by atoms with Gasteiger partial charge in [-0.2, -0.15) is 0 Å². The van der Waals surface area contributed by atoms with Crippen molar-refractivity contribution >= 4 is 11.8 Å². The van der Waals surface area contributed by atoms with Gasteiger partial charge in [0.25, 0.3) is 5.09 Å². The minimum Gasteiger partial charge on any atom is -0.337 e. The molecule has 0 radical (unpaired) electrons. The van der Waals surface area contributed by atoms with Crippen molar-refractivity contribution in [1.82, 2.24) is 9.55 Å². The Kier molecular flexibility index (Phi) is 9.12. The van der Waals surface area contributed by atoms with Crippen LogP contribution in [0, 0.1) is 17.0 Å². The molecule has 1 N–H and O–H groups in total. The van der Waals surface area contributed by atoms with E-state index in [4.69, 9.17) is 15.3 Å². The lowest BCUT2D eigenvalue weighted by molar-refractivity contribution is -0.742. The van der Waals surface area contributed by atoms with E-state index in [0.717, 1.165) is 13.0 Å². The van der Waals surface area contributed by atoms with Gasteiger partial charge in [0.1, 0.15) is 0 Å². The van der Waals surface area contributed by atoms with Crippen molar-refractivity contribution in [3.05, 3.63) is 88.0 Å². The summed E-state index contributed by atoms with van der Waals surface area (Å²) >= 11 is 1.91. The van der Waals surface area contributed by atoms with Crippen molar-refractivity contribution in [1.29, 1.82) is 0 Å². The molecule has 31 heavy (non-hydrogen) atoms. The van der Waals surface area contributed by atoms with Crippen molar-refractivity contribution < 1.29 is 10.3 Å². The van der Waals surface area contributed by atoms with Gasteiger partial charge in [0.15, 0.2) is 0 Å². The molecule has 0 saturated carbocycles. The average molecular weight is 442 g/mol. The molecular formula is C24H31N3O3S. The van der Waals surface area contributed by atoms with E-state index in [1.54, 1.807) is 0 Å². The van der Waals surface area contributed by atoms with Gasteiger partial charge in [-0.05, 0) is 60.4 Å². The van der Waals surface area contributed by atoms with Crippen molar-refractivity contribution in [3.63, 3.8) is 0 Å². The number of aromatic nitrogens is 2. The minimum atomic E-state index is -1.50. The molecule has 0 atom stereocenters. The van der Waals surface area contributed by atoms with Crippen LogP contribution in [-0.2, 0) is 18.4 Å². The third-order valence-corrected chi connectivity index (χ3v) is 6.09. The molecule has 7 heteroatoms. The SMILES string of the molecule is Cc1ccccc1Sc1cc(CCCCn2ccnc2)ccc1C(C)(C)C.O=[N+]([O-])O. The van der Waals surface area contributed by atoms with Gasteiger partial charge < -0.3 is 9.77 Å². The molecule has 2 aromatic carbocycles. The second-order valence-electron chi connectivity index (χ2n) is 8.44. The van der Waals surface area contributed by atoms with Crippen molar-refractivity contribution in [2.45, 2.75) is 68.7 Å². The Morgan fingerprint density at radius 2 is 1.84 bits per heavy atom. The van der Waals surface area contributed by atoms with E-state index in [1.807, 2.05) is 30.5 Å². The van der Waals surface area contributed by atoms with Crippen LogP contribution >= 0.6 is 11.8 Å². The second-order valence-corrected chi connectivity index (χ2v) is 9.53. The van der Waals surface area contributed by atoms with Gasteiger partial charge in [-0.1, -0.05) is 62.9 Å². The number of rotatable bonds is 7. The molecule has 6 nitrogen and oxygen atoms in total. The van der Waals surface area contributed by atoms with Gasteiger partial charge in [0.05, 0.1) is 6.33 Å². The molecule has 0 aliphatic rings. The lowest BCUT2D eigenvalue weighted by atomic mass is 9.86. The summed E-state index contributed by atoms with van der Waals surface area (Å²) < 4.78 is 2.15. The Bertz CT molecular complexity index is 962. The number of unbranched alkanes of at least 4 members (excludes halogenated alkanes) is 1. The number of imidazole rings is 1. The Balaban J connectivity index is 0.000000785. The fourth-order valence-corrected chi connectivity index (χ4v) is 4.57. The largest absolute Gasteiger partial charge is 0.337 e. The Labute approximate surface area is 188 Å². The molecule has 166 valence electrons. The highest BCUT2D eigenvalue weighted by Gasteiger charge is 2.19. The summed E-state index contributed by atoms with van der Waals surface area (Å²) in [6, 6.07) is 15.7. The summed E-state index contributed by atoms with van der Waals surface area (Å²) in [5.74, 6) is 0. The number of hydrogen-bond donors (Lipinski definition) is 1. The number of nitrogens with zero attached hydrogens (tertiary/aromatic N) is 3. The zero-order valence-electron chi connectivity index (χ0n) is 18.6. The highest BCUT2D eigenvalue weighted by molar-refractivity contribution is 7.99.